The van der Waals surface area contributed by atoms with Crippen LogP contribution in [0.15, 0.2) is 113 Å². The van der Waals surface area contributed by atoms with Gasteiger partial charge in [0.15, 0.2) is 0 Å². The summed E-state index contributed by atoms with van der Waals surface area (Å²) in [7, 11) is -1.89. The molecule has 1 aliphatic rings. The molecule has 49 heavy (non-hydrogen) atoms. The van der Waals surface area contributed by atoms with Gasteiger partial charge in [0.25, 0.3) is 21.8 Å². The standard InChI is InChI=1S/C39H43N5O4S/c1-27(2)23-24-44(3)36-22-19-30(26-35(36)40-33-20-17-29(18-21-33)28-11-6-4-7-12-28)37-41-39(48-42-37)32-14-10-13-31(25-32)38(45)43-49(46,47)34-15-8-5-9-16-34/h4-16,19,22,25-27,29,33,40H,17-18,20-21,23-24H2,1-3H3,(H,43,45). The number of hydrogen-bond acceptors (Lipinski definition) is 8. The number of aromatic nitrogens is 2. The number of nitrogens with one attached hydrogen (secondary N) is 2. The van der Waals surface area contributed by atoms with Crippen LogP contribution in [0.1, 0.15) is 67.8 Å². The Bertz CT molecular complexity index is 1970. The fourth-order valence-electron chi connectivity index (χ4n) is 6.30. The predicted octanol–water partition coefficient (Wildman–Crippen LogP) is 8.14. The van der Waals surface area contributed by atoms with Gasteiger partial charge in [0.05, 0.1) is 16.3 Å². The lowest BCUT2D eigenvalue weighted by molar-refractivity contribution is 0.0981. The second-order valence-electron chi connectivity index (χ2n) is 13.2. The number of amides is 1. The minimum absolute atomic E-state index is 0.00640. The van der Waals surface area contributed by atoms with Gasteiger partial charge in [-0.1, -0.05) is 73.6 Å². The van der Waals surface area contributed by atoms with E-state index in [-0.39, 0.29) is 16.3 Å². The van der Waals surface area contributed by atoms with Crippen molar-refractivity contribution in [3.05, 3.63) is 114 Å². The first-order valence-corrected chi connectivity index (χ1v) is 18.4. The number of sulfonamides is 1. The maximum Gasteiger partial charge on any atom is 0.265 e. The smallest absolute Gasteiger partial charge is 0.265 e. The van der Waals surface area contributed by atoms with Crippen molar-refractivity contribution in [2.24, 2.45) is 5.92 Å². The summed E-state index contributed by atoms with van der Waals surface area (Å²) in [6.07, 6.45) is 5.54. The van der Waals surface area contributed by atoms with Crippen molar-refractivity contribution < 1.29 is 17.7 Å². The largest absolute Gasteiger partial charge is 0.381 e. The van der Waals surface area contributed by atoms with Crippen LogP contribution in [-0.2, 0) is 10.0 Å². The summed E-state index contributed by atoms with van der Waals surface area (Å²) in [6.45, 7) is 5.42. The summed E-state index contributed by atoms with van der Waals surface area (Å²) in [6, 6.07) is 31.6. The highest BCUT2D eigenvalue weighted by atomic mass is 32.2. The fraction of sp³-hybridized carbons (Fsp3) is 0.308. The summed E-state index contributed by atoms with van der Waals surface area (Å²) in [5.74, 6) is 1.08. The van der Waals surface area contributed by atoms with Crippen LogP contribution in [-0.4, -0.2) is 44.1 Å². The highest BCUT2D eigenvalue weighted by molar-refractivity contribution is 7.90. The van der Waals surface area contributed by atoms with Crippen molar-refractivity contribution >= 4 is 27.3 Å². The summed E-state index contributed by atoms with van der Waals surface area (Å²) >= 11 is 0. The molecule has 9 nitrogen and oxygen atoms in total. The number of hydrogen-bond donors (Lipinski definition) is 2. The molecule has 1 aliphatic carbocycles. The van der Waals surface area contributed by atoms with Gasteiger partial charge in [-0.05, 0) is 98.0 Å². The maximum atomic E-state index is 12.9. The van der Waals surface area contributed by atoms with Crippen LogP contribution < -0.4 is 14.9 Å². The summed E-state index contributed by atoms with van der Waals surface area (Å²) < 4.78 is 33.2. The van der Waals surface area contributed by atoms with Crippen LogP contribution in [0.5, 0.6) is 0 Å². The Balaban J connectivity index is 1.20. The lowest BCUT2D eigenvalue weighted by atomic mass is 9.81. The number of carbonyl (C=O) groups excluding carboxylic acids is 1. The SMILES string of the molecule is CC(C)CCN(C)c1ccc(-c2noc(-c3cccc(C(=O)NS(=O)(=O)c4ccccc4)c3)n2)cc1NC1CCC(c2ccccc2)CC1. The van der Waals surface area contributed by atoms with Crippen molar-refractivity contribution in [1.29, 1.82) is 0 Å². The van der Waals surface area contributed by atoms with Crippen LogP contribution in [0.4, 0.5) is 11.4 Å². The highest BCUT2D eigenvalue weighted by Gasteiger charge is 2.24. The third-order valence-electron chi connectivity index (χ3n) is 9.14. The molecule has 1 saturated carbocycles. The van der Waals surface area contributed by atoms with Crippen LogP contribution in [0.2, 0.25) is 0 Å². The van der Waals surface area contributed by atoms with E-state index in [1.54, 1.807) is 36.4 Å². The zero-order valence-corrected chi connectivity index (χ0v) is 29.0. The number of anilines is 2. The van der Waals surface area contributed by atoms with Gasteiger partial charge in [0.1, 0.15) is 0 Å². The molecule has 1 aromatic heterocycles. The van der Waals surface area contributed by atoms with Crippen LogP contribution >= 0.6 is 0 Å². The number of rotatable bonds is 12. The fourth-order valence-corrected chi connectivity index (χ4v) is 7.30. The Morgan fingerprint density at radius 1 is 0.878 bits per heavy atom. The Kier molecular flexibility index (Phi) is 10.4. The van der Waals surface area contributed by atoms with Crippen molar-refractivity contribution in [1.82, 2.24) is 14.9 Å². The van der Waals surface area contributed by atoms with Gasteiger partial charge in [-0.2, -0.15) is 4.98 Å². The molecule has 0 saturated heterocycles. The quantitative estimate of drug-likeness (QED) is 0.136. The molecule has 1 heterocycles. The summed E-state index contributed by atoms with van der Waals surface area (Å²) in [5, 5.41) is 8.15. The van der Waals surface area contributed by atoms with Gasteiger partial charge < -0.3 is 14.7 Å². The predicted molar refractivity (Wildman–Crippen MR) is 194 cm³/mol. The molecular weight excluding hydrogens is 635 g/mol. The van der Waals surface area contributed by atoms with Crippen LogP contribution in [0.3, 0.4) is 0 Å². The van der Waals surface area contributed by atoms with E-state index < -0.39 is 15.9 Å². The molecule has 10 heteroatoms. The molecule has 0 atom stereocenters. The average Bonchev–Trinajstić information content (AvgIpc) is 3.62. The molecule has 0 spiro atoms. The first-order chi connectivity index (χ1) is 23.7. The van der Waals surface area contributed by atoms with Gasteiger partial charge >= 0.3 is 0 Å². The molecule has 1 amide bonds. The van der Waals surface area contributed by atoms with E-state index in [1.165, 1.54) is 23.8 Å². The molecule has 4 aromatic carbocycles. The van der Waals surface area contributed by atoms with E-state index in [4.69, 9.17) is 4.52 Å². The Morgan fingerprint density at radius 2 is 1.59 bits per heavy atom. The molecule has 2 N–H and O–H groups in total. The number of nitrogens with zero attached hydrogens (tertiary/aromatic N) is 3. The lowest BCUT2D eigenvalue weighted by Crippen LogP contribution is -2.30. The minimum atomic E-state index is -4.03. The van der Waals surface area contributed by atoms with Crippen molar-refractivity contribution in [2.75, 3.05) is 23.8 Å². The van der Waals surface area contributed by atoms with E-state index in [0.717, 1.165) is 55.6 Å². The summed E-state index contributed by atoms with van der Waals surface area (Å²) in [4.78, 5) is 19.9. The zero-order chi connectivity index (χ0) is 34.4. The van der Waals surface area contributed by atoms with Crippen molar-refractivity contribution in [3.8, 4) is 22.8 Å². The average molecular weight is 678 g/mol. The Hall–Kier alpha value is -4.96. The molecule has 0 unspecified atom stereocenters. The van der Waals surface area contributed by atoms with Crippen LogP contribution in [0, 0.1) is 5.92 Å². The molecule has 6 rings (SSSR count). The molecule has 0 radical (unpaired) electrons. The third-order valence-corrected chi connectivity index (χ3v) is 10.5. The highest BCUT2D eigenvalue weighted by Crippen LogP contribution is 2.37. The maximum absolute atomic E-state index is 12.9. The molecule has 1 fully saturated rings. The lowest BCUT2D eigenvalue weighted by Gasteiger charge is -2.32. The Morgan fingerprint density at radius 3 is 2.31 bits per heavy atom. The molecule has 5 aromatic rings. The van der Waals surface area contributed by atoms with E-state index in [0.29, 0.717) is 29.3 Å². The van der Waals surface area contributed by atoms with Gasteiger partial charge in [-0.15, -0.1) is 0 Å². The number of carbonyl (C=O) groups is 1. The van der Waals surface area contributed by atoms with Gasteiger partial charge in [0.2, 0.25) is 5.82 Å². The summed E-state index contributed by atoms with van der Waals surface area (Å²) in [5.41, 5.74) is 5.05. The monoisotopic (exact) mass is 677 g/mol. The van der Waals surface area contributed by atoms with E-state index in [2.05, 4.69) is 88.4 Å². The first kappa shape index (κ1) is 33.9. The number of benzene rings is 4. The molecular formula is C39H43N5O4S. The molecule has 254 valence electrons. The van der Waals surface area contributed by atoms with Gasteiger partial charge in [-0.3, -0.25) is 4.79 Å². The van der Waals surface area contributed by atoms with Crippen LogP contribution in [0.25, 0.3) is 22.8 Å². The zero-order valence-electron chi connectivity index (χ0n) is 28.2. The van der Waals surface area contributed by atoms with Gasteiger partial charge in [0, 0.05) is 36.3 Å². The topological polar surface area (TPSA) is 117 Å². The second kappa shape index (κ2) is 15.1. The van der Waals surface area contributed by atoms with Crippen molar-refractivity contribution in [2.45, 2.75) is 62.8 Å². The Labute approximate surface area is 288 Å². The molecule has 0 aliphatic heterocycles. The second-order valence-corrected chi connectivity index (χ2v) is 14.9. The van der Waals surface area contributed by atoms with E-state index >= 15 is 0 Å². The molecule has 0 bridgehead atoms. The van der Waals surface area contributed by atoms with E-state index in [1.807, 2.05) is 6.07 Å². The first-order valence-electron chi connectivity index (χ1n) is 16.9. The third kappa shape index (κ3) is 8.37. The van der Waals surface area contributed by atoms with Crippen molar-refractivity contribution in [3.63, 3.8) is 0 Å². The normalized spacial score (nSPS) is 16.3. The van der Waals surface area contributed by atoms with Gasteiger partial charge in [-0.25, -0.2) is 13.1 Å². The minimum Gasteiger partial charge on any atom is -0.381 e. The van der Waals surface area contributed by atoms with E-state index in [9.17, 15) is 13.2 Å².